The van der Waals surface area contributed by atoms with E-state index in [2.05, 4.69) is 26.0 Å². The van der Waals surface area contributed by atoms with Gasteiger partial charge in [0.05, 0.1) is 11.9 Å². The number of allylic oxidation sites excluding steroid dienone is 3. The van der Waals surface area contributed by atoms with Crippen molar-refractivity contribution in [2.45, 2.75) is 53.1 Å². The fraction of sp³-hybridized carbons (Fsp3) is 0.421. The lowest BCUT2D eigenvalue weighted by molar-refractivity contribution is 0.0593. The number of rotatable bonds is 2. The first kappa shape index (κ1) is 22.4. The Kier molecular flexibility index (Phi) is 7.22. The molecule has 0 N–H and O–H groups in total. The molecule has 0 fully saturated rings. The molecular weight excluding hydrogens is 451 g/mol. The van der Waals surface area contributed by atoms with Crippen LogP contribution in [-0.2, 0) is 4.74 Å². The van der Waals surface area contributed by atoms with Crippen molar-refractivity contribution in [3.05, 3.63) is 45.7 Å². The largest absolute Gasteiger partial charge is 0.443 e. The highest BCUT2D eigenvalue weighted by Crippen LogP contribution is 2.32. The second kappa shape index (κ2) is 9.05. The van der Waals surface area contributed by atoms with Crippen molar-refractivity contribution in [3.63, 3.8) is 0 Å². The van der Waals surface area contributed by atoms with Gasteiger partial charge < -0.3 is 4.74 Å². The van der Waals surface area contributed by atoms with Crippen LogP contribution in [0.3, 0.4) is 0 Å². The van der Waals surface area contributed by atoms with Crippen molar-refractivity contribution in [1.29, 1.82) is 0 Å². The first-order valence-electron chi connectivity index (χ1n) is 8.95. The van der Waals surface area contributed by atoms with E-state index in [1.165, 1.54) is 21.6 Å². The van der Waals surface area contributed by atoms with Gasteiger partial charge in [-0.15, -0.1) is 0 Å². The maximum atomic E-state index is 13.9. The molecule has 2 heterocycles. The van der Waals surface area contributed by atoms with Crippen LogP contribution in [0.1, 0.15) is 47.5 Å². The molecule has 28 heavy (non-hydrogen) atoms. The molecule has 0 aromatic carbocycles. The Balaban J connectivity index is 0.00000136. The van der Waals surface area contributed by atoms with Gasteiger partial charge in [-0.2, -0.15) is 5.10 Å². The zero-order valence-corrected chi connectivity index (χ0v) is 18.8. The van der Waals surface area contributed by atoms with Gasteiger partial charge in [0, 0.05) is 12.5 Å². The van der Waals surface area contributed by atoms with Gasteiger partial charge in [-0.25, -0.2) is 23.6 Å². The van der Waals surface area contributed by atoms with Crippen LogP contribution in [0, 0.1) is 0 Å². The molecule has 0 spiro atoms. The third-order valence-electron chi connectivity index (χ3n) is 3.49. The standard InChI is InChI=1S/C17H17BrClFN4O2.C2H6/c1-17(2,3)26-16(25)23(11-6-4-5-10(20)7-11)12-8-14(19)22-24-13(18)9-21-15(12)24;1-2/h6-9H,4-5H2,1-3H3;1-2H3. The third kappa shape index (κ3) is 5.11. The van der Waals surface area contributed by atoms with Crippen molar-refractivity contribution >= 4 is 45.0 Å². The molecule has 3 rings (SSSR count). The van der Waals surface area contributed by atoms with Gasteiger partial charge in [-0.1, -0.05) is 31.5 Å². The monoisotopic (exact) mass is 472 g/mol. The van der Waals surface area contributed by atoms with Crippen LogP contribution in [0.2, 0.25) is 5.15 Å². The number of carbonyl (C=O) groups is 1. The summed E-state index contributed by atoms with van der Waals surface area (Å²) < 4.78 is 21.4. The minimum atomic E-state index is -0.726. The summed E-state index contributed by atoms with van der Waals surface area (Å²) in [6.45, 7) is 9.28. The molecule has 152 valence electrons. The Bertz CT molecular complexity index is 934. The fourth-order valence-electron chi connectivity index (χ4n) is 2.52. The number of nitrogens with zero attached hydrogens (tertiary/aromatic N) is 4. The number of ether oxygens (including phenoxy) is 1. The molecule has 0 saturated carbocycles. The summed E-state index contributed by atoms with van der Waals surface area (Å²) in [7, 11) is 0. The highest BCUT2D eigenvalue weighted by atomic mass is 79.9. The Hall–Kier alpha value is -1.93. The molecule has 0 aliphatic heterocycles. The maximum absolute atomic E-state index is 13.9. The summed E-state index contributed by atoms with van der Waals surface area (Å²) >= 11 is 9.47. The lowest BCUT2D eigenvalue weighted by Crippen LogP contribution is -2.36. The Morgan fingerprint density at radius 1 is 1.39 bits per heavy atom. The molecule has 6 nitrogen and oxygen atoms in total. The van der Waals surface area contributed by atoms with E-state index < -0.39 is 11.7 Å². The van der Waals surface area contributed by atoms with Crippen molar-refractivity contribution in [2.24, 2.45) is 0 Å². The Morgan fingerprint density at radius 3 is 2.68 bits per heavy atom. The van der Waals surface area contributed by atoms with E-state index in [0.717, 1.165) is 0 Å². The Morgan fingerprint density at radius 2 is 2.07 bits per heavy atom. The van der Waals surface area contributed by atoms with Crippen molar-refractivity contribution in [1.82, 2.24) is 14.6 Å². The van der Waals surface area contributed by atoms with Crippen LogP contribution < -0.4 is 4.90 Å². The second-order valence-corrected chi connectivity index (χ2v) is 7.94. The van der Waals surface area contributed by atoms with E-state index >= 15 is 0 Å². The second-order valence-electron chi connectivity index (χ2n) is 6.74. The summed E-state index contributed by atoms with van der Waals surface area (Å²) in [6, 6.07) is 1.50. The van der Waals surface area contributed by atoms with Crippen LogP contribution in [0.4, 0.5) is 14.9 Å². The maximum Gasteiger partial charge on any atom is 0.419 e. The topological polar surface area (TPSA) is 59.7 Å². The molecule has 0 bridgehead atoms. The zero-order valence-electron chi connectivity index (χ0n) is 16.5. The molecule has 0 radical (unpaired) electrons. The van der Waals surface area contributed by atoms with E-state index in [9.17, 15) is 9.18 Å². The normalized spacial score (nSPS) is 14.0. The SMILES string of the molecule is CC.CC(C)(C)OC(=O)N(C1=CCCC(F)=C1)c1cc(Cl)nn2c(Br)cnc12. The van der Waals surface area contributed by atoms with Crippen molar-refractivity contribution < 1.29 is 13.9 Å². The molecular formula is C19H23BrClFN4O2. The summed E-state index contributed by atoms with van der Waals surface area (Å²) in [5.74, 6) is -0.309. The quantitative estimate of drug-likeness (QED) is 0.503. The van der Waals surface area contributed by atoms with Crippen LogP contribution in [0.25, 0.3) is 5.65 Å². The van der Waals surface area contributed by atoms with E-state index in [1.54, 1.807) is 33.0 Å². The number of hydrogen-bond acceptors (Lipinski definition) is 4. The molecule has 2 aromatic heterocycles. The molecule has 0 saturated heterocycles. The average molecular weight is 474 g/mol. The van der Waals surface area contributed by atoms with Gasteiger partial charge in [-0.3, -0.25) is 0 Å². The number of anilines is 1. The predicted octanol–water partition coefficient (Wildman–Crippen LogP) is 6.44. The van der Waals surface area contributed by atoms with E-state index in [-0.39, 0.29) is 11.0 Å². The number of aromatic nitrogens is 3. The first-order chi connectivity index (χ1) is 13.2. The van der Waals surface area contributed by atoms with Crippen molar-refractivity contribution in [3.8, 4) is 0 Å². The number of carbonyl (C=O) groups excluding carboxylic acids is 1. The number of fused-ring (bicyclic) bond motifs is 1. The van der Waals surface area contributed by atoms with Crippen LogP contribution in [-0.4, -0.2) is 26.3 Å². The average Bonchev–Trinajstić information content (AvgIpc) is 2.96. The zero-order chi connectivity index (χ0) is 21.1. The van der Waals surface area contributed by atoms with Gasteiger partial charge in [-0.05, 0) is 49.2 Å². The number of halogens is 3. The smallest absolute Gasteiger partial charge is 0.419 e. The Labute approximate surface area is 177 Å². The molecule has 0 unspecified atom stereocenters. The third-order valence-corrected chi connectivity index (χ3v) is 4.22. The highest BCUT2D eigenvalue weighted by molar-refractivity contribution is 9.10. The fourth-order valence-corrected chi connectivity index (χ4v) is 3.05. The van der Waals surface area contributed by atoms with Crippen LogP contribution in [0.15, 0.2) is 40.5 Å². The molecule has 0 atom stereocenters. The van der Waals surface area contributed by atoms with E-state index in [1.807, 2.05) is 13.8 Å². The van der Waals surface area contributed by atoms with E-state index in [0.29, 0.717) is 34.5 Å². The molecule has 2 aromatic rings. The number of imidazole rings is 1. The highest BCUT2D eigenvalue weighted by Gasteiger charge is 2.29. The molecule has 1 amide bonds. The van der Waals surface area contributed by atoms with Crippen LogP contribution in [0.5, 0.6) is 0 Å². The van der Waals surface area contributed by atoms with Gasteiger partial charge in [0.25, 0.3) is 0 Å². The van der Waals surface area contributed by atoms with Crippen LogP contribution >= 0.6 is 27.5 Å². The minimum Gasteiger partial charge on any atom is -0.443 e. The first-order valence-corrected chi connectivity index (χ1v) is 10.1. The predicted molar refractivity (Wildman–Crippen MR) is 112 cm³/mol. The summed E-state index contributed by atoms with van der Waals surface area (Å²) in [5.41, 5.74) is 0.372. The van der Waals surface area contributed by atoms with Gasteiger partial charge >= 0.3 is 6.09 Å². The summed E-state index contributed by atoms with van der Waals surface area (Å²) in [4.78, 5) is 18.5. The van der Waals surface area contributed by atoms with Gasteiger partial charge in [0.2, 0.25) is 0 Å². The van der Waals surface area contributed by atoms with E-state index in [4.69, 9.17) is 16.3 Å². The molecule has 9 heteroatoms. The lowest BCUT2D eigenvalue weighted by Gasteiger charge is -2.29. The van der Waals surface area contributed by atoms with Crippen molar-refractivity contribution in [2.75, 3.05) is 4.90 Å². The van der Waals surface area contributed by atoms with Gasteiger partial charge in [0.1, 0.15) is 21.7 Å². The number of amides is 1. The summed E-state index contributed by atoms with van der Waals surface area (Å²) in [5, 5.41) is 4.31. The van der Waals surface area contributed by atoms with Gasteiger partial charge in [0.15, 0.2) is 10.8 Å². The molecule has 1 aliphatic carbocycles. The number of hydrogen-bond donors (Lipinski definition) is 0. The summed E-state index contributed by atoms with van der Waals surface area (Å²) in [6.07, 6.45) is 4.75. The molecule has 1 aliphatic rings. The minimum absolute atomic E-state index is 0.153. The lowest BCUT2D eigenvalue weighted by atomic mass is 10.1.